The molecule has 3 aromatic rings. The third kappa shape index (κ3) is 7.62. The van der Waals surface area contributed by atoms with E-state index in [0.29, 0.717) is 33.8 Å². The molecular weight excluding hydrogens is 624 g/mol. The summed E-state index contributed by atoms with van der Waals surface area (Å²) >= 11 is 6.90. The highest BCUT2D eigenvalue weighted by molar-refractivity contribution is 9.11. The van der Waals surface area contributed by atoms with Gasteiger partial charge in [-0.3, -0.25) is 19.7 Å². The molecule has 10 nitrogen and oxygen atoms in total. The molecule has 2 amide bonds. The molecular formula is C26H24Br2N4O6. The number of aryl methyl sites for hydroxylation is 2. The Morgan fingerprint density at radius 2 is 1.79 bits per heavy atom. The third-order valence-electron chi connectivity index (χ3n) is 5.24. The van der Waals surface area contributed by atoms with E-state index in [4.69, 9.17) is 9.47 Å². The first-order valence-corrected chi connectivity index (χ1v) is 12.9. The number of ether oxygens (including phenoxy) is 2. The smallest absolute Gasteiger partial charge is 0.271 e. The van der Waals surface area contributed by atoms with Crippen molar-refractivity contribution >= 4 is 61.3 Å². The number of benzene rings is 3. The molecule has 12 heteroatoms. The quantitative estimate of drug-likeness (QED) is 0.160. The van der Waals surface area contributed by atoms with Crippen LogP contribution in [-0.4, -0.2) is 36.2 Å². The molecule has 0 aliphatic carbocycles. The Hall–Kier alpha value is -3.77. The second kappa shape index (κ2) is 13.2. The number of carbonyl (C=O) groups is 2. The molecule has 0 aromatic heterocycles. The molecule has 0 saturated carbocycles. The lowest BCUT2D eigenvalue weighted by molar-refractivity contribution is -0.384. The van der Waals surface area contributed by atoms with E-state index < -0.39 is 10.8 Å². The zero-order chi connectivity index (χ0) is 27.8. The SMILES string of the molecule is CCOc1cc(/C=N/NC(=O)c2cccc([N+](=O)[O-])c2)cc(Br)c1OCC(=O)Nc1cc(C)c(C)cc1Br. The van der Waals surface area contributed by atoms with Crippen LogP contribution in [-0.2, 0) is 4.79 Å². The van der Waals surface area contributed by atoms with Crippen molar-refractivity contribution in [1.29, 1.82) is 0 Å². The highest BCUT2D eigenvalue weighted by atomic mass is 79.9. The number of anilines is 1. The second-order valence-corrected chi connectivity index (χ2v) is 9.73. The zero-order valence-electron chi connectivity index (χ0n) is 20.7. The first-order chi connectivity index (χ1) is 18.1. The summed E-state index contributed by atoms with van der Waals surface area (Å²) in [6.45, 7) is 5.84. The minimum absolute atomic E-state index is 0.0994. The van der Waals surface area contributed by atoms with Crippen LogP contribution in [0.1, 0.15) is 34.0 Å². The summed E-state index contributed by atoms with van der Waals surface area (Å²) < 4.78 is 12.7. The van der Waals surface area contributed by atoms with Gasteiger partial charge in [0, 0.05) is 22.2 Å². The number of nitro benzene ring substituents is 1. The minimum Gasteiger partial charge on any atom is -0.490 e. The fourth-order valence-corrected chi connectivity index (χ4v) is 4.39. The highest BCUT2D eigenvalue weighted by Crippen LogP contribution is 2.36. The fraction of sp³-hybridized carbons (Fsp3) is 0.192. The van der Waals surface area contributed by atoms with Crippen molar-refractivity contribution < 1.29 is 24.0 Å². The van der Waals surface area contributed by atoms with Gasteiger partial charge >= 0.3 is 0 Å². The topological polar surface area (TPSA) is 132 Å². The van der Waals surface area contributed by atoms with Gasteiger partial charge in [-0.2, -0.15) is 5.10 Å². The number of hydrogen-bond acceptors (Lipinski definition) is 7. The number of hydrogen-bond donors (Lipinski definition) is 2. The van der Waals surface area contributed by atoms with Crippen molar-refractivity contribution in [3.63, 3.8) is 0 Å². The third-order valence-corrected chi connectivity index (χ3v) is 6.48. The van der Waals surface area contributed by atoms with E-state index in [-0.39, 0.29) is 23.8 Å². The van der Waals surface area contributed by atoms with Crippen LogP contribution in [0.4, 0.5) is 11.4 Å². The van der Waals surface area contributed by atoms with E-state index in [9.17, 15) is 19.7 Å². The summed E-state index contributed by atoms with van der Waals surface area (Å²) in [6.07, 6.45) is 1.39. The van der Waals surface area contributed by atoms with Crippen LogP contribution in [0.3, 0.4) is 0 Å². The van der Waals surface area contributed by atoms with Crippen molar-refractivity contribution in [2.75, 3.05) is 18.5 Å². The van der Waals surface area contributed by atoms with Gasteiger partial charge in [-0.15, -0.1) is 0 Å². The first kappa shape index (κ1) is 28.8. The number of carbonyl (C=O) groups excluding carboxylic acids is 2. The highest BCUT2D eigenvalue weighted by Gasteiger charge is 2.15. The summed E-state index contributed by atoms with van der Waals surface area (Å²) in [6, 6.07) is 12.5. The van der Waals surface area contributed by atoms with Gasteiger partial charge in [-0.25, -0.2) is 5.43 Å². The van der Waals surface area contributed by atoms with Crippen molar-refractivity contribution in [3.05, 3.63) is 89.8 Å². The predicted molar refractivity (Wildman–Crippen MR) is 151 cm³/mol. The maximum Gasteiger partial charge on any atom is 0.271 e. The summed E-state index contributed by atoms with van der Waals surface area (Å²) in [5, 5.41) is 17.7. The van der Waals surface area contributed by atoms with E-state index >= 15 is 0 Å². The summed E-state index contributed by atoms with van der Waals surface area (Å²) in [5.74, 6) is -0.249. The van der Waals surface area contributed by atoms with Gasteiger partial charge in [0.2, 0.25) is 0 Å². The molecule has 0 atom stereocenters. The fourth-order valence-electron chi connectivity index (χ4n) is 3.26. The monoisotopic (exact) mass is 646 g/mol. The lowest BCUT2D eigenvalue weighted by Crippen LogP contribution is -2.21. The van der Waals surface area contributed by atoms with Gasteiger partial charge < -0.3 is 14.8 Å². The van der Waals surface area contributed by atoms with Gasteiger partial charge in [-0.1, -0.05) is 6.07 Å². The van der Waals surface area contributed by atoms with E-state index in [1.165, 1.54) is 24.4 Å². The van der Waals surface area contributed by atoms with Gasteiger partial charge in [0.1, 0.15) is 0 Å². The van der Waals surface area contributed by atoms with Crippen LogP contribution in [0.15, 0.2) is 62.6 Å². The van der Waals surface area contributed by atoms with E-state index in [1.54, 1.807) is 12.1 Å². The Labute approximate surface area is 235 Å². The van der Waals surface area contributed by atoms with Crippen LogP contribution >= 0.6 is 31.9 Å². The summed E-state index contributed by atoms with van der Waals surface area (Å²) in [5.41, 5.74) is 5.60. The van der Waals surface area contributed by atoms with Crippen LogP contribution < -0.4 is 20.2 Å². The van der Waals surface area contributed by atoms with E-state index in [0.717, 1.165) is 21.7 Å². The summed E-state index contributed by atoms with van der Waals surface area (Å²) in [4.78, 5) is 35.2. The van der Waals surface area contributed by atoms with Crippen molar-refractivity contribution in [3.8, 4) is 11.5 Å². The minimum atomic E-state index is -0.601. The van der Waals surface area contributed by atoms with E-state index in [1.807, 2.05) is 32.9 Å². The average Bonchev–Trinajstić information content (AvgIpc) is 2.87. The zero-order valence-corrected chi connectivity index (χ0v) is 23.9. The van der Waals surface area contributed by atoms with Crippen LogP contribution in [0.5, 0.6) is 11.5 Å². The Kier molecular flexibility index (Phi) is 9.97. The molecule has 0 fully saturated rings. The number of nitrogens with zero attached hydrogens (tertiary/aromatic N) is 2. The standard InChI is InChI=1S/C26H24Br2N4O6/c1-4-37-23-11-17(13-29-31-26(34)18-6-5-7-19(12-18)32(35)36)10-21(28)25(23)38-14-24(33)30-22-9-16(3)15(2)8-20(22)27/h5-13H,4,14H2,1-3H3,(H,30,33)(H,31,34)/b29-13+. The van der Waals surface area contributed by atoms with Crippen molar-refractivity contribution in [2.45, 2.75) is 20.8 Å². The number of non-ortho nitro benzene ring substituents is 1. The molecule has 0 aliphatic heterocycles. The number of halogens is 2. The largest absolute Gasteiger partial charge is 0.490 e. The number of hydrazone groups is 1. The first-order valence-electron chi connectivity index (χ1n) is 11.3. The molecule has 3 aromatic carbocycles. The number of amides is 2. The normalized spacial score (nSPS) is 10.8. The number of rotatable bonds is 10. The second-order valence-electron chi connectivity index (χ2n) is 8.02. The molecule has 2 N–H and O–H groups in total. The molecule has 0 bridgehead atoms. The van der Waals surface area contributed by atoms with E-state index in [2.05, 4.69) is 47.7 Å². The van der Waals surface area contributed by atoms with Crippen LogP contribution in [0.2, 0.25) is 0 Å². The van der Waals surface area contributed by atoms with Gasteiger partial charge in [-0.05, 0) is 99.7 Å². The Morgan fingerprint density at radius 3 is 2.50 bits per heavy atom. The Bertz CT molecular complexity index is 1410. The van der Waals surface area contributed by atoms with Crippen molar-refractivity contribution in [2.24, 2.45) is 5.10 Å². The lowest BCUT2D eigenvalue weighted by atomic mass is 10.1. The van der Waals surface area contributed by atoms with Gasteiger partial charge in [0.25, 0.3) is 17.5 Å². The molecule has 38 heavy (non-hydrogen) atoms. The number of nitrogens with one attached hydrogen (secondary N) is 2. The molecule has 0 spiro atoms. The molecule has 198 valence electrons. The van der Waals surface area contributed by atoms with Crippen LogP contribution in [0.25, 0.3) is 0 Å². The molecule has 3 rings (SSSR count). The molecule has 0 saturated heterocycles. The molecule has 0 radical (unpaired) electrons. The maximum absolute atomic E-state index is 12.6. The maximum atomic E-state index is 12.6. The Morgan fingerprint density at radius 1 is 1.05 bits per heavy atom. The Balaban J connectivity index is 1.68. The van der Waals surface area contributed by atoms with Gasteiger partial charge in [0.15, 0.2) is 18.1 Å². The van der Waals surface area contributed by atoms with Crippen molar-refractivity contribution in [1.82, 2.24) is 5.43 Å². The molecule has 0 aliphatic rings. The number of nitro groups is 1. The summed E-state index contributed by atoms with van der Waals surface area (Å²) in [7, 11) is 0. The predicted octanol–water partition coefficient (Wildman–Crippen LogP) is 5.92. The average molecular weight is 648 g/mol. The van der Waals surface area contributed by atoms with Crippen LogP contribution in [0, 0.1) is 24.0 Å². The van der Waals surface area contributed by atoms with Gasteiger partial charge in [0.05, 0.1) is 27.9 Å². The molecule has 0 unspecified atom stereocenters. The molecule has 0 heterocycles. The lowest BCUT2D eigenvalue weighted by Gasteiger charge is -2.15.